The van der Waals surface area contributed by atoms with Gasteiger partial charge < -0.3 is 20.1 Å². The molecule has 0 saturated heterocycles. The molecule has 2 aromatic carbocycles. The summed E-state index contributed by atoms with van der Waals surface area (Å²) in [6.45, 7) is 5.58. The highest BCUT2D eigenvalue weighted by Crippen LogP contribution is 2.33. The fourth-order valence-electron chi connectivity index (χ4n) is 2.72. The summed E-state index contributed by atoms with van der Waals surface area (Å²) in [7, 11) is 1.48. The minimum Gasteiger partial charge on any atom is -0.493 e. The van der Waals surface area contributed by atoms with Gasteiger partial charge in [-0.3, -0.25) is 14.4 Å². The van der Waals surface area contributed by atoms with Crippen LogP contribution in [-0.4, -0.2) is 43.7 Å². The number of nitrogens with one attached hydrogen (secondary N) is 3. The molecule has 3 amide bonds. The van der Waals surface area contributed by atoms with Crippen molar-refractivity contribution in [2.24, 2.45) is 5.10 Å². The Morgan fingerprint density at radius 1 is 1.12 bits per heavy atom. The lowest BCUT2D eigenvalue weighted by Crippen LogP contribution is -2.41. The maximum absolute atomic E-state index is 12.3. The molecule has 0 aromatic heterocycles. The van der Waals surface area contributed by atoms with Crippen molar-refractivity contribution in [1.29, 1.82) is 0 Å². The lowest BCUT2D eigenvalue weighted by molar-refractivity contribution is -0.139. The molecule has 0 unspecified atom stereocenters. The molecular weight excluding hydrogens is 551 g/mol. The minimum atomic E-state index is -0.853. The molecule has 0 radical (unpaired) electrons. The fourth-order valence-corrected chi connectivity index (χ4v) is 3.50. The second kappa shape index (κ2) is 13.5. The van der Waals surface area contributed by atoms with Crippen molar-refractivity contribution >= 4 is 52.2 Å². The van der Waals surface area contributed by atoms with E-state index in [1.54, 1.807) is 19.1 Å². The SMILES string of the molecule is CCc1ccc(NC(=O)COc2c(I)cc(/C=N\NC(=O)C(=O)N[C@@H](C)CC)cc2OC)cc1. The summed E-state index contributed by atoms with van der Waals surface area (Å²) in [5, 5.41) is 9.18. The Bertz CT molecular complexity index is 1040. The van der Waals surface area contributed by atoms with Gasteiger partial charge in [0.25, 0.3) is 5.91 Å². The summed E-state index contributed by atoms with van der Waals surface area (Å²) < 4.78 is 11.8. The highest BCUT2D eigenvalue weighted by Gasteiger charge is 2.15. The van der Waals surface area contributed by atoms with Crippen LogP contribution in [0.1, 0.15) is 38.3 Å². The number of amides is 3. The van der Waals surface area contributed by atoms with E-state index < -0.39 is 11.8 Å². The number of aryl methyl sites for hydroxylation is 1. The van der Waals surface area contributed by atoms with Gasteiger partial charge in [-0.05, 0) is 77.7 Å². The van der Waals surface area contributed by atoms with Crippen molar-refractivity contribution in [1.82, 2.24) is 10.7 Å². The molecule has 0 fully saturated rings. The number of hydrogen-bond donors (Lipinski definition) is 3. The van der Waals surface area contributed by atoms with Crippen molar-refractivity contribution < 1.29 is 23.9 Å². The summed E-state index contributed by atoms with van der Waals surface area (Å²) in [5.41, 5.74) is 4.68. The molecule has 0 saturated carbocycles. The van der Waals surface area contributed by atoms with Crippen molar-refractivity contribution in [3.8, 4) is 11.5 Å². The van der Waals surface area contributed by atoms with E-state index in [0.717, 1.165) is 6.42 Å². The Morgan fingerprint density at radius 3 is 2.44 bits per heavy atom. The normalized spacial score (nSPS) is 11.6. The van der Waals surface area contributed by atoms with E-state index in [2.05, 4.69) is 50.7 Å². The van der Waals surface area contributed by atoms with E-state index in [1.807, 2.05) is 31.2 Å². The molecule has 1 atom stereocenters. The van der Waals surface area contributed by atoms with E-state index in [0.29, 0.717) is 32.7 Å². The van der Waals surface area contributed by atoms with E-state index in [-0.39, 0.29) is 18.6 Å². The summed E-state index contributed by atoms with van der Waals surface area (Å²) in [6.07, 6.45) is 3.02. The predicted octanol–water partition coefficient (Wildman–Crippen LogP) is 3.24. The van der Waals surface area contributed by atoms with Gasteiger partial charge >= 0.3 is 11.8 Å². The van der Waals surface area contributed by atoms with Gasteiger partial charge in [-0.15, -0.1) is 0 Å². The lowest BCUT2D eigenvalue weighted by atomic mass is 10.1. The van der Waals surface area contributed by atoms with Crippen LogP contribution in [0.4, 0.5) is 5.69 Å². The summed E-state index contributed by atoms with van der Waals surface area (Å²) in [4.78, 5) is 35.9. The average Bonchev–Trinajstić information content (AvgIpc) is 2.83. The topological polar surface area (TPSA) is 118 Å². The molecule has 0 aliphatic heterocycles. The molecule has 34 heavy (non-hydrogen) atoms. The number of nitrogens with zero attached hydrogens (tertiary/aromatic N) is 1. The molecule has 182 valence electrons. The molecule has 2 rings (SSSR count). The number of halogens is 1. The Morgan fingerprint density at radius 2 is 1.82 bits per heavy atom. The maximum atomic E-state index is 12.3. The quantitative estimate of drug-likeness (QED) is 0.173. The number of methoxy groups -OCH3 is 1. The number of rotatable bonds is 10. The van der Waals surface area contributed by atoms with Crippen LogP contribution in [0.15, 0.2) is 41.5 Å². The van der Waals surface area contributed by atoms with Crippen LogP contribution in [0.25, 0.3) is 0 Å². The first-order chi connectivity index (χ1) is 16.3. The molecule has 0 aliphatic rings. The zero-order valence-electron chi connectivity index (χ0n) is 19.6. The van der Waals surface area contributed by atoms with E-state index in [9.17, 15) is 14.4 Å². The number of ether oxygens (including phenoxy) is 2. The Hall–Kier alpha value is -3.15. The largest absolute Gasteiger partial charge is 0.493 e. The maximum Gasteiger partial charge on any atom is 0.329 e. The second-order valence-corrected chi connectivity index (χ2v) is 8.57. The zero-order valence-corrected chi connectivity index (χ0v) is 21.8. The van der Waals surface area contributed by atoms with Gasteiger partial charge in [0.2, 0.25) is 0 Å². The first-order valence-electron chi connectivity index (χ1n) is 10.8. The third kappa shape index (κ3) is 8.32. The number of carbonyl (C=O) groups is 3. The third-order valence-electron chi connectivity index (χ3n) is 4.82. The van der Waals surface area contributed by atoms with Crippen LogP contribution in [0, 0.1) is 3.57 Å². The van der Waals surface area contributed by atoms with Gasteiger partial charge in [0.05, 0.1) is 16.9 Å². The average molecular weight is 580 g/mol. The van der Waals surface area contributed by atoms with Crippen molar-refractivity contribution in [3.05, 3.63) is 51.1 Å². The molecule has 2 aromatic rings. The van der Waals surface area contributed by atoms with E-state index in [1.165, 1.54) is 18.9 Å². The Balaban J connectivity index is 1.97. The smallest absolute Gasteiger partial charge is 0.329 e. The van der Waals surface area contributed by atoms with Gasteiger partial charge in [0.15, 0.2) is 18.1 Å². The third-order valence-corrected chi connectivity index (χ3v) is 5.62. The summed E-state index contributed by atoms with van der Waals surface area (Å²) in [5.74, 6) is -1.09. The number of benzene rings is 2. The monoisotopic (exact) mass is 580 g/mol. The molecule has 10 heteroatoms. The molecule has 0 bridgehead atoms. The highest BCUT2D eigenvalue weighted by atomic mass is 127. The Kier molecular flexibility index (Phi) is 10.8. The lowest BCUT2D eigenvalue weighted by Gasteiger charge is -2.13. The van der Waals surface area contributed by atoms with Gasteiger partial charge in [-0.1, -0.05) is 26.0 Å². The minimum absolute atomic E-state index is 0.107. The van der Waals surface area contributed by atoms with Crippen LogP contribution in [0.2, 0.25) is 0 Å². The van der Waals surface area contributed by atoms with Gasteiger partial charge in [0.1, 0.15) is 0 Å². The van der Waals surface area contributed by atoms with Crippen LogP contribution >= 0.6 is 22.6 Å². The van der Waals surface area contributed by atoms with Crippen molar-refractivity contribution in [3.63, 3.8) is 0 Å². The van der Waals surface area contributed by atoms with E-state index >= 15 is 0 Å². The van der Waals surface area contributed by atoms with E-state index in [4.69, 9.17) is 9.47 Å². The predicted molar refractivity (Wildman–Crippen MR) is 139 cm³/mol. The molecular formula is C24H29IN4O5. The molecule has 0 heterocycles. The molecule has 9 nitrogen and oxygen atoms in total. The number of hydrogen-bond acceptors (Lipinski definition) is 6. The first-order valence-corrected chi connectivity index (χ1v) is 11.9. The second-order valence-electron chi connectivity index (χ2n) is 7.40. The molecule has 3 N–H and O–H groups in total. The first kappa shape index (κ1) is 27.1. The van der Waals surface area contributed by atoms with Crippen LogP contribution < -0.4 is 25.5 Å². The van der Waals surface area contributed by atoms with Crippen LogP contribution in [-0.2, 0) is 20.8 Å². The van der Waals surface area contributed by atoms with Crippen LogP contribution in [0.5, 0.6) is 11.5 Å². The molecule has 0 spiro atoms. The van der Waals surface area contributed by atoms with Crippen LogP contribution in [0.3, 0.4) is 0 Å². The zero-order chi connectivity index (χ0) is 25.1. The summed E-state index contributed by atoms with van der Waals surface area (Å²) >= 11 is 2.06. The van der Waals surface area contributed by atoms with Gasteiger partial charge in [-0.25, -0.2) is 5.43 Å². The van der Waals surface area contributed by atoms with Crippen molar-refractivity contribution in [2.45, 2.75) is 39.7 Å². The highest BCUT2D eigenvalue weighted by molar-refractivity contribution is 14.1. The number of hydrazone groups is 1. The van der Waals surface area contributed by atoms with Gasteiger partial charge in [-0.2, -0.15) is 5.10 Å². The Labute approximate surface area is 212 Å². The number of anilines is 1. The number of carbonyl (C=O) groups excluding carboxylic acids is 3. The summed E-state index contributed by atoms with van der Waals surface area (Å²) in [6, 6.07) is 10.9. The fraction of sp³-hybridized carbons (Fsp3) is 0.333. The van der Waals surface area contributed by atoms with Crippen molar-refractivity contribution in [2.75, 3.05) is 19.0 Å². The standard InChI is InChI=1S/C24H29IN4O5/c1-5-15(3)27-23(31)24(32)29-26-13-17-11-19(25)22(20(12-17)33-4)34-14-21(30)28-18-9-7-16(6-2)8-10-18/h7-13,15H,5-6,14H2,1-4H3,(H,27,31)(H,28,30)(H,29,32)/b26-13-/t15-/m0/s1. The van der Waals surface area contributed by atoms with Gasteiger partial charge in [0, 0.05) is 11.7 Å². The molecule has 0 aliphatic carbocycles.